The quantitative estimate of drug-likeness (QED) is 0.569. The zero-order valence-corrected chi connectivity index (χ0v) is 18.5. The minimum Gasteiger partial charge on any atom is -0.466 e. The number of halogens is 1. The largest absolute Gasteiger partial charge is 0.466 e. The van der Waals surface area contributed by atoms with Crippen molar-refractivity contribution in [3.05, 3.63) is 108 Å². The van der Waals surface area contributed by atoms with Gasteiger partial charge in [-0.2, -0.15) is 0 Å². The Morgan fingerprint density at radius 3 is 2.52 bits per heavy atom. The molecule has 5 nitrogen and oxygen atoms in total. The first kappa shape index (κ1) is 21.0. The number of benzene rings is 2. The highest BCUT2D eigenvalue weighted by Crippen LogP contribution is 2.26. The Morgan fingerprint density at radius 2 is 1.84 bits per heavy atom. The average Bonchev–Trinajstić information content (AvgIpc) is 3.08. The molecule has 2 heterocycles. The lowest BCUT2D eigenvalue weighted by atomic mass is 10.0. The van der Waals surface area contributed by atoms with Crippen molar-refractivity contribution in [3.8, 4) is 0 Å². The lowest BCUT2D eigenvalue weighted by Crippen LogP contribution is -2.38. The van der Waals surface area contributed by atoms with Gasteiger partial charge in [0.2, 0.25) is 0 Å². The number of carbonyl (C=O) groups excluding carboxylic acids is 1. The second kappa shape index (κ2) is 8.88. The first-order chi connectivity index (χ1) is 15.0. The van der Waals surface area contributed by atoms with Gasteiger partial charge in [-0.3, -0.25) is 9.36 Å². The number of aromatic nitrogens is 1. The van der Waals surface area contributed by atoms with E-state index in [4.69, 9.17) is 16.3 Å². The van der Waals surface area contributed by atoms with Crippen LogP contribution in [0.5, 0.6) is 0 Å². The van der Waals surface area contributed by atoms with Crippen molar-refractivity contribution in [2.45, 2.75) is 13.0 Å². The van der Waals surface area contributed by atoms with Crippen LogP contribution in [0.3, 0.4) is 0 Å². The van der Waals surface area contributed by atoms with Crippen LogP contribution in [0.15, 0.2) is 81.7 Å². The van der Waals surface area contributed by atoms with Gasteiger partial charge < -0.3 is 4.74 Å². The highest BCUT2D eigenvalue weighted by atomic mass is 35.5. The maximum Gasteiger partial charge on any atom is 0.338 e. The van der Waals surface area contributed by atoms with E-state index in [9.17, 15) is 9.59 Å². The lowest BCUT2D eigenvalue weighted by molar-refractivity contribution is -0.136. The van der Waals surface area contributed by atoms with Crippen LogP contribution in [0, 0.1) is 0 Å². The smallest absolute Gasteiger partial charge is 0.338 e. The maximum atomic E-state index is 13.3. The number of carbonyl (C=O) groups is 1. The topological polar surface area (TPSA) is 60.7 Å². The summed E-state index contributed by atoms with van der Waals surface area (Å²) in [5, 5.41) is 0.628. The Bertz CT molecular complexity index is 1370. The SMILES string of the molecule is COC(=O)C1=C(C)N=c2s/c(=C\c3ccc(Cl)cc3)c(=O)n2C1/C=C/c1ccccc1. The number of hydrogen-bond acceptors (Lipinski definition) is 5. The van der Waals surface area contributed by atoms with Crippen molar-refractivity contribution in [1.29, 1.82) is 0 Å². The van der Waals surface area contributed by atoms with Crippen molar-refractivity contribution in [2.75, 3.05) is 7.11 Å². The summed E-state index contributed by atoms with van der Waals surface area (Å²) in [5.41, 5.74) is 2.49. The van der Waals surface area contributed by atoms with E-state index in [-0.39, 0.29) is 5.56 Å². The van der Waals surface area contributed by atoms with Crippen molar-refractivity contribution < 1.29 is 9.53 Å². The molecule has 0 bridgehead atoms. The predicted octanol–water partition coefficient (Wildman–Crippen LogP) is 3.73. The molecule has 31 heavy (non-hydrogen) atoms. The van der Waals surface area contributed by atoms with E-state index in [1.807, 2.05) is 54.6 Å². The van der Waals surface area contributed by atoms with Gasteiger partial charge in [-0.15, -0.1) is 0 Å². The lowest BCUT2D eigenvalue weighted by Gasteiger charge is -2.21. The maximum absolute atomic E-state index is 13.3. The summed E-state index contributed by atoms with van der Waals surface area (Å²) in [4.78, 5) is 30.9. The first-order valence-electron chi connectivity index (χ1n) is 9.57. The van der Waals surface area contributed by atoms with Crippen LogP contribution in [-0.2, 0) is 9.53 Å². The van der Waals surface area contributed by atoms with Gasteiger partial charge in [0.15, 0.2) is 4.80 Å². The van der Waals surface area contributed by atoms with Gasteiger partial charge in [0, 0.05) is 5.02 Å². The second-order valence-corrected chi connectivity index (χ2v) is 8.38. The monoisotopic (exact) mass is 450 g/mol. The van der Waals surface area contributed by atoms with E-state index in [1.54, 1.807) is 29.7 Å². The molecule has 1 aliphatic heterocycles. The Morgan fingerprint density at radius 1 is 1.13 bits per heavy atom. The normalized spacial score (nSPS) is 16.4. The highest BCUT2D eigenvalue weighted by Gasteiger charge is 2.29. The summed E-state index contributed by atoms with van der Waals surface area (Å²) < 4.78 is 7.06. The summed E-state index contributed by atoms with van der Waals surface area (Å²) in [7, 11) is 1.33. The molecule has 4 rings (SSSR count). The average molecular weight is 451 g/mol. The summed E-state index contributed by atoms with van der Waals surface area (Å²) in [6, 6.07) is 16.3. The Labute approximate surface area is 187 Å². The zero-order valence-electron chi connectivity index (χ0n) is 16.9. The number of esters is 1. The molecule has 0 spiro atoms. The fraction of sp³-hybridized carbons (Fsp3) is 0.125. The summed E-state index contributed by atoms with van der Waals surface area (Å²) >= 11 is 7.25. The molecule has 0 amide bonds. The van der Waals surface area contributed by atoms with Crippen molar-refractivity contribution in [2.24, 2.45) is 4.99 Å². The van der Waals surface area contributed by atoms with Crippen LogP contribution >= 0.6 is 22.9 Å². The number of ether oxygens (including phenoxy) is 1. The molecule has 1 unspecified atom stereocenters. The predicted molar refractivity (Wildman–Crippen MR) is 124 cm³/mol. The third kappa shape index (κ3) is 4.31. The summed E-state index contributed by atoms with van der Waals surface area (Å²) in [6.07, 6.45) is 5.53. The van der Waals surface area contributed by atoms with Gasteiger partial charge in [-0.05, 0) is 36.3 Å². The van der Waals surface area contributed by atoms with Crippen LogP contribution in [0.2, 0.25) is 5.02 Å². The molecule has 0 radical (unpaired) electrons. The molecule has 3 aromatic rings. The van der Waals surface area contributed by atoms with Gasteiger partial charge in [0.1, 0.15) is 0 Å². The minimum absolute atomic E-state index is 0.213. The summed E-state index contributed by atoms with van der Waals surface area (Å²) in [5.74, 6) is -0.504. The van der Waals surface area contributed by atoms with E-state index >= 15 is 0 Å². The third-order valence-corrected chi connectivity index (χ3v) is 6.14. The van der Waals surface area contributed by atoms with E-state index in [0.717, 1.165) is 11.1 Å². The minimum atomic E-state index is -0.615. The standard InChI is InChI=1S/C24H19ClN2O3S/c1-15-21(23(29)30-2)19(13-10-16-6-4-3-5-7-16)27-22(28)20(31-24(27)26-15)14-17-8-11-18(25)12-9-17/h3-14,19H,1-2H3/b13-10+,20-14-. The molecule has 2 aromatic carbocycles. The number of methoxy groups -OCH3 is 1. The number of thiazole rings is 1. The Kier molecular flexibility index (Phi) is 6.02. The molecule has 156 valence electrons. The van der Waals surface area contributed by atoms with Crippen molar-refractivity contribution >= 4 is 41.1 Å². The van der Waals surface area contributed by atoms with Crippen LogP contribution < -0.4 is 14.9 Å². The van der Waals surface area contributed by atoms with Gasteiger partial charge in [-0.25, -0.2) is 9.79 Å². The zero-order chi connectivity index (χ0) is 22.0. The second-order valence-electron chi connectivity index (χ2n) is 6.94. The molecule has 1 aromatic heterocycles. The molecule has 0 fully saturated rings. The van der Waals surface area contributed by atoms with Crippen LogP contribution in [0.1, 0.15) is 24.1 Å². The van der Waals surface area contributed by atoms with Crippen LogP contribution in [0.25, 0.3) is 12.2 Å². The van der Waals surface area contributed by atoms with Gasteiger partial charge in [0.25, 0.3) is 5.56 Å². The first-order valence-corrected chi connectivity index (χ1v) is 10.8. The number of fused-ring (bicyclic) bond motifs is 1. The van der Waals surface area contributed by atoms with Crippen LogP contribution in [-0.4, -0.2) is 17.6 Å². The molecular weight excluding hydrogens is 432 g/mol. The van der Waals surface area contributed by atoms with Crippen molar-refractivity contribution in [3.63, 3.8) is 0 Å². The Hall–Kier alpha value is -3.22. The molecule has 0 saturated heterocycles. The van der Waals surface area contributed by atoms with E-state index in [2.05, 4.69) is 4.99 Å². The van der Waals surface area contributed by atoms with E-state index < -0.39 is 12.0 Å². The molecular formula is C24H19ClN2O3S. The van der Waals surface area contributed by atoms with Crippen molar-refractivity contribution in [1.82, 2.24) is 4.57 Å². The summed E-state index contributed by atoms with van der Waals surface area (Å²) in [6.45, 7) is 1.76. The number of nitrogens with zero attached hydrogens (tertiary/aromatic N) is 2. The fourth-order valence-electron chi connectivity index (χ4n) is 3.39. The van der Waals surface area contributed by atoms with Gasteiger partial charge in [0.05, 0.1) is 29.0 Å². The van der Waals surface area contributed by atoms with Crippen LogP contribution in [0.4, 0.5) is 0 Å². The molecule has 0 aliphatic carbocycles. The fourth-order valence-corrected chi connectivity index (χ4v) is 4.58. The van der Waals surface area contributed by atoms with Gasteiger partial charge in [-0.1, -0.05) is 77.6 Å². The highest BCUT2D eigenvalue weighted by molar-refractivity contribution is 7.07. The molecule has 7 heteroatoms. The van der Waals surface area contributed by atoms with Gasteiger partial charge >= 0.3 is 5.97 Å². The molecule has 0 N–H and O–H groups in total. The number of hydrogen-bond donors (Lipinski definition) is 0. The molecule has 1 atom stereocenters. The molecule has 0 saturated carbocycles. The number of allylic oxidation sites excluding steroid dienone is 2. The number of rotatable bonds is 4. The van der Waals surface area contributed by atoms with E-state index in [1.165, 1.54) is 18.4 Å². The Balaban J connectivity index is 1.88. The van der Waals surface area contributed by atoms with E-state index in [0.29, 0.717) is 25.6 Å². The molecule has 1 aliphatic rings. The third-order valence-electron chi connectivity index (χ3n) is 4.91.